The molecule has 0 saturated heterocycles. The Morgan fingerprint density at radius 2 is 1.40 bits per heavy atom. The Morgan fingerprint density at radius 3 is 1.90 bits per heavy atom. The second-order valence-electron chi connectivity index (χ2n) is 2.77. The Balaban J connectivity index is 0. The molecule has 0 unspecified atom stereocenters. The lowest BCUT2D eigenvalue weighted by Gasteiger charge is -1.96. The maximum Gasteiger partial charge on any atom is 0.211 e. The molecule has 0 nitrogen and oxygen atoms in total. The first-order valence-corrected chi connectivity index (χ1v) is 5.83. The Labute approximate surface area is 79.6 Å². The summed E-state index contributed by atoms with van der Waals surface area (Å²) >= 11 is 1.41. The lowest BCUT2D eigenvalue weighted by molar-refractivity contribution is 0.624. The van der Waals surface area contributed by atoms with E-state index in [0.717, 1.165) is 0 Å². The van der Waals surface area contributed by atoms with Gasteiger partial charge in [0.2, 0.25) is 16.3 Å². The van der Waals surface area contributed by atoms with E-state index in [0.29, 0.717) is 0 Å². The van der Waals surface area contributed by atoms with Crippen LogP contribution in [0.5, 0.6) is 0 Å². The molecule has 0 aliphatic rings. The molecule has 0 aromatic rings. The van der Waals surface area contributed by atoms with Gasteiger partial charge < -0.3 is 0 Å². The molecule has 0 N–H and O–H groups in total. The molecular weight excluding hydrogens is 159 g/mol. The van der Waals surface area contributed by atoms with E-state index in [-0.39, 0.29) is 12.4 Å². The zero-order valence-corrected chi connectivity index (χ0v) is 10.2. The molecule has 0 fully saturated rings. The fraction of sp³-hybridized carbons (Fsp3) is 1.00. The lowest BCUT2D eigenvalue weighted by atomic mass is 10.1. The van der Waals surface area contributed by atoms with Gasteiger partial charge in [-0.1, -0.05) is 45.4 Å². The summed E-state index contributed by atoms with van der Waals surface area (Å²) in [6.45, 7) is 2.27. The van der Waals surface area contributed by atoms with Crippen LogP contribution in [0.2, 0.25) is 5.28 Å². The Bertz CT molecular complexity index is 42.5. The van der Waals surface area contributed by atoms with Gasteiger partial charge >= 0.3 is 0 Å². The van der Waals surface area contributed by atoms with Crippen molar-refractivity contribution < 1.29 is 0 Å². The van der Waals surface area contributed by atoms with Crippen LogP contribution in [0.15, 0.2) is 0 Å². The summed E-state index contributed by atoms with van der Waals surface area (Å²) in [4.78, 5) is 0. The smallest absolute Gasteiger partial charge is 0.147 e. The second-order valence-corrected chi connectivity index (χ2v) is 3.77. The van der Waals surface area contributed by atoms with Gasteiger partial charge in [0, 0.05) is 0 Å². The van der Waals surface area contributed by atoms with Crippen LogP contribution in [0, 0.1) is 0 Å². The highest BCUT2D eigenvalue weighted by atomic mass is 35.5. The largest absolute Gasteiger partial charge is 0.211 e. The van der Waals surface area contributed by atoms with Crippen LogP contribution in [0.3, 0.4) is 0 Å². The minimum atomic E-state index is 0. The van der Waals surface area contributed by atoms with Gasteiger partial charge in [-0.3, -0.25) is 0 Å². The molecule has 0 aromatic carbocycles. The number of rotatable bonds is 6. The van der Waals surface area contributed by atoms with E-state index in [1.807, 2.05) is 0 Å². The molecular formula is C8H20AlCl. The molecule has 10 heavy (non-hydrogen) atoms. The molecule has 2 heteroatoms. The highest BCUT2D eigenvalue weighted by molar-refractivity contribution is 6.08. The van der Waals surface area contributed by atoms with E-state index >= 15 is 0 Å². The summed E-state index contributed by atoms with van der Waals surface area (Å²) in [5.41, 5.74) is 0. The molecule has 0 bridgehead atoms. The fourth-order valence-corrected chi connectivity index (χ4v) is 1.53. The minimum absolute atomic E-state index is 0. The van der Waals surface area contributed by atoms with Gasteiger partial charge in [-0.15, -0.1) is 17.7 Å². The van der Waals surface area contributed by atoms with Crippen LogP contribution in [0.25, 0.3) is 0 Å². The zero-order chi connectivity index (χ0) is 6.95. The van der Waals surface area contributed by atoms with Crippen molar-refractivity contribution >= 4 is 28.7 Å². The molecule has 0 rings (SSSR count). The summed E-state index contributed by atoms with van der Waals surface area (Å²) in [6, 6.07) is 0. The fourth-order valence-electron chi connectivity index (χ4n) is 1.03. The first-order valence-electron chi connectivity index (χ1n) is 4.41. The zero-order valence-electron chi connectivity index (χ0n) is 7.36. The second kappa shape index (κ2) is 12.5. The van der Waals surface area contributed by atoms with Crippen molar-refractivity contribution in [2.45, 2.75) is 50.7 Å². The molecule has 0 aromatic heterocycles. The third kappa shape index (κ3) is 11.6. The minimum Gasteiger partial charge on any atom is -0.147 e. The summed E-state index contributed by atoms with van der Waals surface area (Å²) in [6.07, 6.45) is 8.76. The van der Waals surface area contributed by atoms with Crippen molar-refractivity contribution in [2.75, 3.05) is 0 Å². The van der Waals surface area contributed by atoms with Crippen molar-refractivity contribution in [3.05, 3.63) is 0 Å². The molecule has 0 amide bonds. The number of hydrogen-bond donors (Lipinski definition) is 0. The van der Waals surface area contributed by atoms with E-state index in [1.54, 1.807) is 0 Å². The van der Waals surface area contributed by atoms with E-state index in [4.69, 9.17) is 0 Å². The van der Waals surface area contributed by atoms with E-state index in [9.17, 15) is 0 Å². The van der Waals surface area contributed by atoms with Crippen molar-refractivity contribution in [3.8, 4) is 0 Å². The third-order valence-electron chi connectivity index (χ3n) is 1.71. The Kier molecular flexibility index (Phi) is 16.8. The highest BCUT2D eigenvalue weighted by Crippen LogP contribution is 2.05. The van der Waals surface area contributed by atoms with Crippen molar-refractivity contribution in [3.63, 3.8) is 0 Å². The maximum absolute atomic E-state index is 2.27. The quantitative estimate of drug-likeness (QED) is 0.434. The van der Waals surface area contributed by atoms with E-state index in [1.165, 1.54) is 60.1 Å². The van der Waals surface area contributed by atoms with Crippen molar-refractivity contribution in [1.82, 2.24) is 0 Å². The van der Waals surface area contributed by atoms with E-state index < -0.39 is 0 Å². The summed E-state index contributed by atoms with van der Waals surface area (Å²) < 4.78 is 0. The summed E-state index contributed by atoms with van der Waals surface area (Å²) in [7, 11) is 0. The average molecular weight is 179 g/mol. The van der Waals surface area contributed by atoms with Gasteiger partial charge in [-0.25, -0.2) is 0 Å². The maximum atomic E-state index is 2.27. The molecule has 0 aliphatic heterocycles. The average Bonchev–Trinajstić information content (AvgIpc) is 1.89. The van der Waals surface area contributed by atoms with E-state index in [2.05, 4.69) is 6.92 Å². The topological polar surface area (TPSA) is 0 Å². The predicted molar refractivity (Wildman–Crippen MR) is 54.0 cm³/mol. The van der Waals surface area contributed by atoms with Crippen LogP contribution < -0.4 is 0 Å². The standard InChI is InChI=1S/C8H17.Al.ClH.2H/c1-3-5-7-8-6-4-2;;;;/h1,3-8H2,2H3;;1H;;. The van der Waals surface area contributed by atoms with Gasteiger partial charge in [-0.2, -0.15) is 0 Å². The van der Waals surface area contributed by atoms with Gasteiger partial charge in [0.15, 0.2) is 0 Å². The van der Waals surface area contributed by atoms with Crippen LogP contribution in [-0.4, -0.2) is 16.3 Å². The molecule has 0 atom stereocenters. The van der Waals surface area contributed by atoms with Crippen LogP contribution in [0.1, 0.15) is 45.4 Å². The Hall–Kier alpha value is 0.822. The molecule has 62 valence electrons. The normalized spacial score (nSPS) is 8.90. The van der Waals surface area contributed by atoms with Gasteiger partial charge in [0.05, 0.1) is 0 Å². The number of hydrogen-bond acceptors (Lipinski definition) is 0. The molecule has 0 radical (unpaired) electrons. The lowest BCUT2D eigenvalue weighted by Crippen LogP contribution is -1.77. The van der Waals surface area contributed by atoms with Crippen LogP contribution in [0.4, 0.5) is 0 Å². The van der Waals surface area contributed by atoms with Crippen molar-refractivity contribution in [1.29, 1.82) is 0 Å². The monoisotopic (exact) mass is 178 g/mol. The first-order chi connectivity index (χ1) is 4.41. The third-order valence-corrected chi connectivity index (χ3v) is 2.41. The molecule has 0 heterocycles. The number of unbranched alkanes of at least 4 members (excludes halogenated alkanes) is 5. The van der Waals surface area contributed by atoms with Gasteiger partial charge in [0.1, 0.15) is 0 Å². The van der Waals surface area contributed by atoms with Crippen LogP contribution in [-0.2, 0) is 0 Å². The SMILES string of the molecule is CCCCCCC[CH2][AlH2].Cl. The molecule has 0 aliphatic carbocycles. The Morgan fingerprint density at radius 1 is 0.900 bits per heavy atom. The summed E-state index contributed by atoms with van der Waals surface area (Å²) in [5.74, 6) is 0. The molecule has 0 spiro atoms. The predicted octanol–water partition coefficient (Wildman–Crippen LogP) is 2.82. The first kappa shape index (κ1) is 13.4. The molecule has 0 saturated carbocycles. The van der Waals surface area contributed by atoms with Gasteiger partial charge in [-0.05, 0) is 0 Å². The van der Waals surface area contributed by atoms with Crippen molar-refractivity contribution in [2.24, 2.45) is 0 Å². The highest BCUT2D eigenvalue weighted by Gasteiger charge is 1.85. The van der Waals surface area contributed by atoms with Crippen LogP contribution >= 0.6 is 12.4 Å². The number of halogens is 1. The van der Waals surface area contributed by atoms with Gasteiger partial charge in [0.25, 0.3) is 0 Å². The summed E-state index contributed by atoms with van der Waals surface area (Å²) in [5, 5.41) is 1.51.